The highest BCUT2D eigenvalue weighted by Crippen LogP contribution is 2.24. The number of allylic oxidation sites excluding steroid dienone is 6. The van der Waals surface area contributed by atoms with E-state index in [0.29, 0.717) is 12.8 Å². The summed E-state index contributed by atoms with van der Waals surface area (Å²) in [6.45, 7) is 3.64. The first-order chi connectivity index (χ1) is 28.0. The number of aliphatic hydroxyl groups is 3. The van der Waals surface area contributed by atoms with Gasteiger partial charge in [0.05, 0.1) is 6.61 Å². The topological polar surface area (TPSA) is 186 Å². The summed E-state index contributed by atoms with van der Waals surface area (Å²) in [4.78, 5) is 25.4. The summed E-state index contributed by atoms with van der Waals surface area (Å²) in [5, 5.41) is 30.9. The molecule has 1 aliphatic heterocycles. The van der Waals surface area contributed by atoms with Crippen LogP contribution in [0.4, 0.5) is 0 Å². The number of carbonyl (C=O) groups is 2. The van der Waals surface area contributed by atoms with Gasteiger partial charge in [-0.05, 0) is 44.9 Å². The van der Waals surface area contributed by atoms with Gasteiger partial charge in [-0.2, -0.15) is 8.42 Å². The van der Waals surface area contributed by atoms with Crippen LogP contribution in [0.5, 0.6) is 0 Å². The van der Waals surface area contributed by atoms with Gasteiger partial charge in [-0.3, -0.25) is 14.1 Å². The first kappa shape index (κ1) is 53.9. The van der Waals surface area contributed by atoms with Crippen molar-refractivity contribution in [3.8, 4) is 0 Å². The molecule has 1 heterocycles. The van der Waals surface area contributed by atoms with Crippen LogP contribution in [0.15, 0.2) is 36.5 Å². The van der Waals surface area contributed by atoms with E-state index in [9.17, 15) is 37.9 Å². The van der Waals surface area contributed by atoms with Crippen LogP contribution in [0.1, 0.15) is 181 Å². The molecule has 0 aromatic heterocycles. The van der Waals surface area contributed by atoms with E-state index in [1.165, 1.54) is 70.6 Å². The Balaban J connectivity index is 2.46. The van der Waals surface area contributed by atoms with Gasteiger partial charge in [0, 0.05) is 12.8 Å². The zero-order chi connectivity index (χ0) is 42.7. The van der Waals surface area contributed by atoms with Gasteiger partial charge < -0.3 is 34.3 Å². The van der Waals surface area contributed by atoms with E-state index >= 15 is 0 Å². The molecule has 13 heteroatoms. The molecule has 0 aromatic carbocycles. The number of rotatable bonds is 37. The second-order valence-corrected chi connectivity index (χ2v) is 17.2. The smallest absolute Gasteiger partial charge is 0.306 e. The van der Waals surface area contributed by atoms with Gasteiger partial charge in [0.25, 0.3) is 10.1 Å². The molecule has 1 rings (SSSR count). The molecule has 2 unspecified atom stereocenters. The maximum Gasteiger partial charge on any atom is 0.306 e. The molecule has 12 nitrogen and oxygen atoms in total. The molecule has 0 aromatic rings. The molecule has 0 amide bonds. The lowest BCUT2D eigenvalue weighted by molar-refractivity contribution is -0.297. The molecule has 1 aliphatic rings. The fraction of sp³-hybridized carbons (Fsp3) is 0.822. The molecule has 0 spiro atoms. The quantitative estimate of drug-likeness (QED) is 0.0202. The molecule has 4 N–H and O–H groups in total. The second kappa shape index (κ2) is 35.6. The van der Waals surface area contributed by atoms with E-state index in [0.717, 1.165) is 70.6 Å². The minimum atomic E-state index is -4.60. The third-order valence-electron chi connectivity index (χ3n) is 10.2. The summed E-state index contributed by atoms with van der Waals surface area (Å²) in [6, 6.07) is 0. The number of ether oxygens (including phenoxy) is 4. The Labute approximate surface area is 351 Å². The van der Waals surface area contributed by atoms with Crippen LogP contribution in [0.25, 0.3) is 0 Å². The van der Waals surface area contributed by atoms with E-state index in [2.05, 4.69) is 50.3 Å². The Morgan fingerprint density at radius 3 is 1.62 bits per heavy atom. The van der Waals surface area contributed by atoms with Gasteiger partial charge in [-0.1, -0.05) is 159 Å². The van der Waals surface area contributed by atoms with E-state index in [-0.39, 0.29) is 19.4 Å². The molecule has 58 heavy (non-hydrogen) atoms. The van der Waals surface area contributed by atoms with Crippen molar-refractivity contribution in [3.05, 3.63) is 36.5 Å². The summed E-state index contributed by atoms with van der Waals surface area (Å²) in [5.74, 6) is -2.00. The highest BCUT2D eigenvalue weighted by atomic mass is 32.2. The molecule has 0 bridgehead atoms. The normalized spacial score (nSPS) is 20.7. The summed E-state index contributed by atoms with van der Waals surface area (Å²) < 4.78 is 54.0. The second-order valence-electron chi connectivity index (χ2n) is 15.7. The first-order valence-electron chi connectivity index (χ1n) is 22.5. The van der Waals surface area contributed by atoms with Crippen LogP contribution in [0.2, 0.25) is 0 Å². The predicted molar refractivity (Wildman–Crippen MR) is 229 cm³/mol. The summed E-state index contributed by atoms with van der Waals surface area (Å²) in [6.07, 6.45) is 30.4. The summed E-state index contributed by atoms with van der Waals surface area (Å²) >= 11 is 0. The van der Waals surface area contributed by atoms with Gasteiger partial charge >= 0.3 is 11.9 Å². The van der Waals surface area contributed by atoms with E-state index in [1.807, 2.05) is 0 Å². The van der Waals surface area contributed by atoms with Crippen molar-refractivity contribution >= 4 is 22.1 Å². The minimum Gasteiger partial charge on any atom is -0.462 e. The zero-order valence-electron chi connectivity index (χ0n) is 35.9. The third kappa shape index (κ3) is 30.0. The molecule has 0 saturated carbocycles. The zero-order valence-corrected chi connectivity index (χ0v) is 36.7. The average Bonchev–Trinajstić information content (AvgIpc) is 3.18. The highest BCUT2D eigenvalue weighted by molar-refractivity contribution is 7.85. The number of hydrogen-bond donors (Lipinski definition) is 4. The van der Waals surface area contributed by atoms with Crippen molar-refractivity contribution in [2.24, 2.45) is 0 Å². The fourth-order valence-electron chi connectivity index (χ4n) is 6.75. The largest absolute Gasteiger partial charge is 0.462 e. The Kier molecular flexibility index (Phi) is 33.1. The molecule has 6 atom stereocenters. The lowest BCUT2D eigenvalue weighted by Crippen LogP contribution is -2.60. The standard InChI is InChI=1S/C45H80O12S/c1-3-5-7-9-11-13-15-17-19-21-23-25-27-29-31-33-40(46)54-35-38(36-55-45-44(50)43(49)42(48)39(57-45)37-58(51,52)53)56-41(47)34-32-30-28-26-24-22-20-18-16-14-12-10-8-6-4-2/h5,7,11,13,17,19,38-39,42-45,48-50H,3-4,6,8-10,12,14-16,18,20-37H2,1-2H3,(H,51,52,53)/b7-5+,13-11+,19-17+/t38-,39-,42-,43?,44?,45+/m1/s1. The van der Waals surface area contributed by atoms with Crippen molar-refractivity contribution in [1.82, 2.24) is 0 Å². The maximum absolute atomic E-state index is 12.8. The number of hydrogen-bond acceptors (Lipinski definition) is 11. The molecule has 1 saturated heterocycles. The number of esters is 2. The van der Waals surface area contributed by atoms with Crippen LogP contribution in [0, 0.1) is 0 Å². The van der Waals surface area contributed by atoms with Gasteiger partial charge in [0.15, 0.2) is 12.4 Å². The Morgan fingerprint density at radius 2 is 1.09 bits per heavy atom. The number of carbonyl (C=O) groups excluding carboxylic acids is 2. The molecule has 338 valence electrons. The number of aliphatic hydroxyl groups excluding tert-OH is 3. The highest BCUT2D eigenvalue weighted by Gasteiger charge is 2.46. The van der Waals surface area contributed by atoms with Gasteiger partial charge in [0.1, 0.15) is 36.8 Å². The molecule has 0 aliphatic carbocycles. The summed E-state index contributed by atoms with van der Waals surface area (Å²) in [7, 11) is -4.60. The van der Waals surface area contributed by atoms with Crippen LogP contribution < -0.4 is 0 Å². The average molecular weight is 845 g/mol. The Bertz CT molecular complexity index is 1220. The van der Waals surface area contributed by atoms with Crippen molar-refractivity contribution in [3.63, 3.8) is 0 Å². The Hall–Kier alpha value is -2.13. The molecular weight excluding hydrogens is 765 g/mol. The van der Waals surface area contributed by atoms with E-state index in [4.69, 9.17) is 18.9 Å². The third-order valence-corrected chi connectivity index (χ3v) is 11.0. The van der Waals surface area contributed by atoms with Crippen molar-refractivity contribution < 1.29 is 56.8 Å². The predicted octanol–water partition coefficient (Wildman–Crippen LogP) is 9.00. The number of unbranched alkanes of at least 4 members (excludes halogenated alkanes) is 19. The van der Waals surface area contributed by atoms with E-state index in [1.54, 1.807) is 0 Å². The van der Waals surface area contributed by atoms with Gasteiger partial charge in [-0.15, -0.1) is 0 Å². The van der Waals surface area contributed by atoms with Crippen LogP contribution in [-0.4, -0.2) is 96.0 Å². The van der Waals surface area contributed by atoms with Crippen LogP contribution >= 0.6 is 0 Å². The van der Waals surface area contributed by atoms with Gasteiger partial charge in [0.2, 0.25) is 0 Å². The summed E-state index contributed by atoms with van der Waals surface area (Å²) in [5.41, 5.74) is 0. The van der Waals surface area contributed by atoms with Crippen LogP contribution in [-0.2, 0) is 38.7 Å². The minimum absolute atomic E-state index is 0.163. The first-order valence-corrected chi connectivity index (χ1v) is 24.2. The SMILES string of the molecule is CC/C=C/C/C=C/C/C=C/CCCCCCCC(=O)OC[C@H](CO[C@H]1O[C@H](CS(=O)(=O)O)[C@@H](O)C(O)C1O)OC(=O)CCCCCCCCCCCCCCCCC. The van der Waals surface area contributed by atoms with Crippen molar-refractivity contribution in [1.29, 1.82) is 0 Å². The lowest BCUT2D eigenvalue weighted by Gasteiger charge is -2.40. The maximum atomic E-state index is 12.8. The monoisotopic (exact) mass is 845 g/mol. The van der Waals surface area contributed by atoms with Crippen LogP contribution in [0.3, 0.4) is 0 Å². The van der Waals surface area contributed by atoms with E-state index < -0.39 is 71.2 Å². The fourth-order valence-corrected chi connectivity index (χ4v) is 7.44. The molecule has 1 fully saturated rings. The molecular formula is C45H80O12S. The van der Waals surface area contributed by atoms with Crippen molar-refractivity contribution in [2.45, 2.75) is 218 Å². The lowest BCUT2D eigenvalue weighted by atomic mass is 10.00. The van der Waals surface area contributed by atoms with Gasteiger partial charge in [-0.25, -0.2) is 0 Å². The van der Waals surface area contributed by atoms with Crippen molar-refractivity contribution in [2.75, 3.05) is 19.0 Å². The Morgan fingerprint density at radius 1 is 0.603 bits per heavy atom. The molecule has 0 radical (unpaired) electrons.